The first-order valence-corrected chi connectivity index (χ1v) is 9.77. The van der Waals surface area contributed by atoms with Crippen LogP contribution in [0.3, 0.4) is 0 Å². The normalized spacial score (nSPS) is 8.46. The van der Waals surface area contributed by atoms with Crippen LogP contribution in [0.25, 0.3) is 0 Å². The summed E-state index contributed by atoms with van der Waals surface area (Å²) < 4.78 is 0. The van der Waals surface area contributed by atoms with E-state index in [1.807, 2.05) is 0 Å². The zero-order chi connectivity index (χ0) is 10.7. The number of carboxylic acid groups (broad SMARTS) is 2. The average Bonchev–Trinajstić information content (AvgIpc) is 1.99. The fraction of sp³-hybridized carbons (Fsp3) is 0.750. The quantitative estimate of drug-likeness (QED) is 0.595. The second kappa shape index (κ2) is 11.7. The maximum absolute atomic E-state index is 9.90. The number of hydrogen-bond acceptors (Lipinski definition) is 2. The van der Waals surface area contributed by atoms with Gasteiger partial charge < -0.3 is 10.2 Å². The molecule has 0 saturated heterocycles. The Labute approximate surface area is 88.6 Å². The Hall–Kier alpha value is -0.261. The van der Waals surface area contributed by atoms with Gasteiger partial charge in [-0.3, -0.25) is 9.59 Å². The molecule has 0 heterocycles. The van der Waals surface area contributed by atoms with Crippen LogP contribution in [0.4, 0.5) is 0 Å². The van der Waals surface area contributed by atoms with Crippen molar-refractivity contribution in [2.45, 2.75) is 35.6 Å². The Kier molecular flexibility index (Phi) is 13.7. The van der Waals surface area contributed by atoms with Crippen molar-refractivity contribution >= 4 is 33.1 Å². The van der Waals surface area contributed by atoms with E-state index in [9.17, 15) is 9.59 Å². The second-order valence-corrected chi connectivity index (χ2v) is 5.35. The maximum atomic E-state index is 9.90. The summed E-state index contributed by atoms with van der Waals surface area (Å²) in [7, 11) is 0. The zero-order valence-electron chi connectivity index (χ0n) is 8.04. The van der Waals surface area contributed by atoms with Crippen molar-refractivity contribution in [2.24, 2.45) is 0 Å². The van der Waals surface area contributed by atoms with Crippen molar-refractivity contribution < 1.29 is 19.8 Å². The molecule has 0 fully saturated rings. The third-order valence-electron chi connectivity index (χ3n) is 1.03. The van der Waals surface area contributed by atoms with Crippen LogP contribution in [0.2, 0.25) is 9.88 Å². The van der Waals surface area contributed by atoms with Crippen molar-refractivity contribution in [3.63, 3.8) is 0 Å². The molecule has 0 spiro atoms. The predicted octanol–water partition coefficient (Wildman–Crippen LogP) is 1.50. The molecule has 0 bridgehead atoms. The molecule has 0 aromatic heterocycles. The Balaban J connectivity index is 0. The monoisotopic (exact) mass is 296 g/mol. The van der Waals surface area contributed by atoms with Gasteiger partial charge in [-0.25, -0.2) is 0 Å². The third-order valence-corrected chi connectivity index (χ3v) is 1.03. The van der Waals surface area contributed by atoms with Gasteiger partial charge in [-0.05, 0) is 12.8 Å². The molecule has 0 unspecified atom stereocenters. The van der Waals surface area contributed by atoms with E-state index in [-0.39, 0.29) is 34.0 Å². The molecule has 76 valence electrons. The van der Waals surface area contributed by atoms with E-state index < -0.39 is 11.9 Å². The van der Waals surface area contributed by atoms with Crippen LogP contribution < -0.4 is 0 Å². The van der Waals surface area contributed by atoms with Crippen LogP contribution in [0.5, 0.6) is 0 Å². The van der Waals surface area contributed by atoms with Gasteiger partial charge in [0.05, 0.1) is 0 Å². The molecule has 0 saturated carbocycles. The Morgan fingerprint density at radius 2 is 1.23 bits per heavy atom. The number of hydrogen-bond donors (Lipinski definition) is 2. The first kappa shape index (κ1) is 15.2. The SMILES string of the molecule is O=C(O)CCCCC(=O)O.[CH3][Sn][CH3]. The number of rotatable bonds is 5. The Bertz CT molecular complexity index is 131. The predicted molar refractivity (Wildman–Crippen MR) is 51.2 cm³/mol. The number of carbonyl (C=O) groups is 2. The Morgan fingerprint density at radius 1 is 1.00 bits per heavy atom. The van der Waals surface area contributed by atoms with Gasteiger partial charge in [0.1, 0.15) is 0 Å². The first-order valence-electron chi connectivity index (χ1n) is 4.06. The molecule has 0 aliphatic heterocycles. The number of aliphatic carboxylic acids is 2. The molecule has 0 aliphatic rings. The molecule has 0 rings (SSSR count). The summed E-state index contributed by atoms with van der Waals surface area (Å²) >= 11 is 0.230. The summed E-state index contributed by atoms with van der Waals surface area (Å²) in [6.07, 6.45) is 1.02. The van der Waals surface area contributed by atoms with Crippen LogP contribution in [0.1, 0.15) is 25.7 Å². The van der Waals surface area contributed by atoms with Crippen LogP contribution in [-0.2, 0) is 9.59 Å². The van der Waals surface area contributed by atoms with Gasteiger partial charge in [-0.15, -0.1) is 0 Å². The second-order valence-electron chi connectivity index (χ2n) is 2.49. The molecular formula is C8H16O4Sn. The van der Waals surface area contributed by atoms with Gasteiger partial charge in [0.25, 0.3) is 0 Å². The molecule has 0 aromatic rings. The van der Waals surface area contributed by atoms with E-state index in [1.54, 1.807) is 0 Å². The van der Waals surface area contributed by atoms with Crippen molar-refractivity contribution in [1.29, 1.82) is 0 Å². The first-order chi connectivity index (χ1) is 6.04. The van der Waals surface area contributed by atoms with E-state index >= 15 is 0 Å². The average molecular weight is 295 g/mol. The van der Waals surface area contributed by atoms with Crippen molar-refractivity contribution in [3.05, 3.63) is 0 Å². The van der Waals surface area contributed by atoms with Crippen LogP contribution in [0.15, 0.2) is 0 Å². The summed E-state index contributed by atoms with van der Waals surface area (Å²) in [5, 5.41) is 16.3. The van der Waals surface area contributed by atoms with Crippen molar-refractivity contribution in [3.8, 4) is 0 Å². The third kappa shape index (κ3) is 24.5. The molecule has 2 radical (unpaired) electrons. The van der Waals surface area contributed by atoms with Crippen LogP contribution in [-0.4, -0.2) is 43.3 Å². The van der Waals surface area contributed by atoms with Gasteiger partial charge in [0.2, 0.25) is 0 Å². The van der Waals surface area contributed by atoms with Gasteiger partial charge in [-0.1, -0.05) is 0 Å². The molecule has 0 amide bonds. The van der Waals surface area contributed by atoms with E-state index in [2.05, 4.69) is 9.88 Å². The minimum atomic E-state index is -0.870. The molecule has 0 aliphatic carbocycles. The summed E-state index contributed by atoms with van der Waals surface area (Å²) in [5.74, 6) is -1.74. The molecule has 4 nitrogen and oxygen atoms in total. The topological polar surface area (TPSA) is 74.6 Å². The van der Waals surface area contributed by atoms with Gasteiger partial charge in [-0.2, -0.15) is 0 Å². The minimum absolute atomic E-state index is 0.0628. The number of unbranched alkanes of at least 4 members (excludes halogenated alkanes) is 1. The standard InChI is InChI=1S/C6H10O4.2CH3.Sn/c7-5(8)3-1-2-4-6(9)10;;;/h1-4H2,(H,7,8)(H,9,10);2*1H3;. The van der Waals surface area contributed by atoms with Crippen LogP contribution in [0, 0.1) is 0 Å². The molecule has 0 atom stereocenters. The molecule has 13 heavy (non-hydrogen) atoms. The fourth-order valence-corrected chi connectivity index (χ4v) is 0.552. The molecular weight excluding hydrogens is 279 g/mol. The van der Waals surface area contributed by atoms with E-state index in [0.717, 1.165) is 0 Å². The van der Waals surface area contributed by atoms with Crippen molar-refractivity contribution in [1.82, 2.24) is 0 Å². The zero-order valence-corrected chi connectivity index (χ0v) is 10.9. The summed E-state index contributed by atoms with van der Waals surface area (Å²) in [6.45, 7) is 0. The summed E-state index contributed by atoms with van der Waals surface area (Å²) in [5.41, 5.74) is 0. The molecule has 2 N–H and O–H groups in total. The van der Waals surface area contributed by atoms with E-state index in [0.29, 0.717) is 12.8 Å². The molecule has 0 aromatic carbocycles. The molecule has 5 heteroatoms. The van der Waals surface area contributed by atoms with Gasteiger partial charge in [0, 0.05) is 12.8 Å². The number of carboxylic acids is 2. The Morgan fingerprint density at radius 3 is 1.38 bits per heavy atom. The van der Waals surface area contributed by atoms with E-state index in [4.69, 9.17) is 10.2 Å². The van der Waals surface area contributed by atoms with Gasteiger partial charge in [0.15, 0.2) is 0 Å². The summed E-state index contributed by atoms with van der Waals surface area (Å²) in [4.78, 5) is 24.4. The fourth-order valence-electron chi connectivity index (χ4n) is 0.552. The van der Waals surface area contributed by atoms with Crippen LogP contribution >= 0.6 is 0 Å². The van der Waals surface area contributed by atoms with Gasteiger partial charge >= 0.3 is 43.0 Å². The summed E-state index contributed by atoms with van der Waals surface area (Å²) in [6, 6.07) is 0. The van der Waals surface area contributed by atoms with E-state index in [1.165, 1.54) is 0 Å². The van der Waals surface area contributed by atoms with Crippen molar-refractivity contribution in [2.75, 3.05) is 0 Å².